The van der Waals surface area contributed by atoms with Crippen LogP contribution in [0.3, 0.4) is 0 Å². The fourth-order valence-electron chi connectivity index (χ4n) is 1.92. The normalized spacial score (nSPS) is 10.3. The highest BCUT2D eigenvalue weighted by molar-refractivity contribution is 6.31. The monoisotopic (exact) mass is 291 g/mol. The standard InChI is InChI=1S/C15H14ClNO3/c1-10-4-3-7-17(15(10)19)9-13(18)12-8-11(16)5-6-14(12)20-2/h3-8H,9H2,1-2H3. The van der Waals surface area contributed by atoms with Crippen molar-refractivity contribution in [1.82, 2.24) is 4.57 Å². The number of aryl methyl sites for hydroxylation is 1. The summed E-state index contributed by atoms with van der Waals surface area (Å²) in [5, 5.41) is 0.450. The Bertz CT molecular complexity index is 707. The summed E-state index contributed by atoms with van der Waals surface area (Å²) >= 11 is 5.90. The fraction of sp³-hybridized carbons (Fsp3) is 0.200. The lowest BCUT2D eigenvalue weighted by atomic mass is 10.1. The molecular formula is C15H14ClNO3. The van der Waals surface area contributed by atoms with Crippen molar-refractivity contribution < 1.29 is 9.53 Å². The number of carbonyl (C=O) groups is 1. The van der Waals surface area contributed by atoms with Crippen LogP contribution in [0, 0.1) is 6.92 Å². The number of carbonyl (C=O) groups excluding carboxylic acids is 1. The summed E-state index contributed by atoms with van der Waals surface area (Å²) in [7, 11) is 1.48. The minimum Gasteiger partial charge on any atom is -0.496 e. The van der Waals surface area contributed by atoms with E-state index < -0.39 is 0 Å². The van der Waals surface area contributed by atoms with Gasteiger partial charge in [0.2, 0.25) is 0 Å². The van der Waals surface area contributed by atoms with Crippen molar-refractivity contribution in [2.75, 3.05) is 7.11 Å². The maximum atomic E-state index is 12.3. The predicted octanol–water partition coefficient (Wildman–Crippen LogP) is 2.70. The number of ketones is 1. The number of ether oxygens (including phenoxy) is 1. The highest BCUT2D eigenvalue weighted by atomic mass is 35.5. The number of hydrogen-bond donors (Lipinski definition) is 0. The average molecular weight is 292 g/mol. The molecule has 0 saturated heterocycles. The second-order valence-corrected chi connectivity index (χ2v) is 4.83. The first kappa shape index (κ1) is 14.3. The molecule has 2 aromatic rings. The van der Waals surface area contributed by atoms with E-state index in [9.17, 15) is 9.59 Å². The van der Waals surface area contributed by atoms with E-state index in [4.69, 9.17) is 16.3 Å². The molecule has 4 nitrogen and oxygen atoms in total. The molecule has 0 spiro atoms. The van der Waals surface area contributed by atoms with Gasteiger partial charge in [0.25, 0.3) is 5.56 Å². The Morgan fingerprint density at radius 2 is 2.10 bits per heavy atom. The average Bonchev–Trinajstić information content (AvgIpc) is 2.43. The number of benzene rings is 1. The SMILES string of the molecule is COc1ccc(Cl)cc1C(=O)Cn1cccc(C)c1=O. The van der Waals surface area contributed by atoms with E-state index in [1.165, 1.54) is 11.7 Å². The van der Waals surface area contributed by atoms with Gasteiger partial charge in [-0.1, -0.05) is 17.7 Å². The molecule has 104 valence electrons. The van der Waals surface area contributed by atoms with Gasteiger partial charge >= 0.3 is 0 Å². The van der Waals surface area contributed by atoms with Crippen molar-refractivity contribution in [1.29, 1.82) is 0 Å². The largest absolute Gasteiger partial charge is 0.496 e. The van der Waals surface area contributed by atoms with Crippen molar-refractivity contribution >= 4 is 17.4 Å². The first-order valence-corrected chi connectivity index (χ1v) is 6.43. The van der Waals surface area contributed by atoms with Gasteiger partial charge in [0.1, 0.15) is 5.75 Å². The van der Waals surface area contributed by atoms with E-state index in [2.05, 4.69) is 0 Å². The summed E-state index contributed by atoms with van der Waals surface area (Å²) in [4.78, 5) is 24.2. The fourth-order valence-corrected chi connectivity index (χ4v) is 2.09. The number of hydrogen-bond acceptors (Lipinski definition) is 3. The van der Waals surface area contributed by atoms with Crippen LogP contribution in [-0.2, 0) is 6.54 Å². The molecule has 0 radical (unpaired) electrons. The third-order valence-corrected chi connectivity index (χ3v) is 3.22. The van der Waals surface area contributed by atoms with E-state index in [1.807, 2.05) is 0 Å². The molecule has 0 fully saturated rings. The van der Waals surface area contributed by atoms with Gasteiger partial charge < -0.3 is 9.30 Å². The Hall–Kier alpha value is -2.07. The molecule has 20 heavy (non-hydrogen) atoms. The van der Waals surface area contributed by atoms with Crippen LogP contribution in [0.5, 0.6) is 5.75 Å². The lowest BCUT2D eigenvalue weighted by Crippen LogP contribution is -2.25. The van der Waals surface area contributed by atoms with Gasteiger partial charge in [-0.2, -0.15) is 0 Å². The summed E-state index contributed by atoms with van der Waals surface area (Å²) in [6.07, 6.45) is 1.59. The van der Waals surface area contributed by atoms with Crippen molar-refractivity contribution in [2.45, 2.75) is 13.5 Å². The maximum Gasteiger partial charge on any atom is 0.253 e. The second-order valence-electron chi connectivity index (χ2n) is 4.39. The minimum absolute atomic E-state index is 0.0444. The summed E-state index contributed by atoms with van der Waals surface area (Å²) in [6, 6.07) is 8.27. The molecule has 0 amide bonds. The Morgan fingerprint density at radius 1 is 1.35 bits per heavy atom. The summed E-state index contributed by atoms with van der Waals surface area (Å²) in [5.41, 5.74) is 0.786. The number of methoxy groups -OCH3 is 1. The molecule has 1 aromatic heterocycles. The number of halogens is 1. The highest BCUT2D eigenvalue weighted by Gasteiger charge is 2.14. The summed E-state index contributed by atoms with van der Waals surface area (Å²) in [6.45, 7) is 1.67. The smallest absolute Gasteiger partial charge is 0.253 e. The Labute approximate surface area is 121 Å². The van der Waals surface area contributed by atoms with Crippen LogP contribution in [0.2, 0.25) is 5.02 Å². The van der Waals surface area contributed by atoms with Gasteiger partial charge in [0, 0.05) is 16.8 Å². The summed E-state index contributed by atoms with van der Waals surface area (Å²) in [5.74, 6) is 0.220. The second kappa shape index (κ2) is 5.92. The van der Waals surface area contributed by atoms with Crippen molar-refractivity contribution in [3.8, 4) is 5.75 Å². The predicted molar refractivity (Wildman–Crippen MR) is 77.8 cm³/mol. The zero-order valence-corrected chi connectivity index (χ0v) is 12.0. The van der Waals surface area contributed by atoms with Crippen molar-refractivity contribution in [2.24, 2.45) is 0 Å². The van der Waals surface area contributed by atoms with Crippen LogP contribution >= 0.6 is 11.6 Å². The molecule has 0 atom stereocenters. The third-order valence-electron chi connectivity index (χ3n) is 2.99. The maximum absolute atomic E-state index is 12.3. The van der Waals surface area contributed by atoms with Gasteiger partial charge in [-0.05, 0) is 31.2 Å². The van der Waals surface area contributed by atoms with Gasteiger partial charge in [-0.15, -0.1) is 0 Å². The number of rotatable bonds is 4. The molecular weight excluding hydrogens is 278 g/mol. The Balaban J connectivity index is 2.35. The van der Waals surface area contributed by atoms with Crippen LogP contribution < -0.4 is 10.3 Å². The molecule has 0 saturated carbocycles. The molecule has 1 aromatic carbocycles. The van der Waals surface area contributed by atoms with E-state index in [-0.39, 0.29) is 17.9 Å². The zero-order valence-electron chi connectivity index (χ0n) is 11.2. The van der Waals surface area contributed by atoms with Crippen LogP contribution in [-0.4, -0.2) is 17.5 Å². The Morgan fingerprint density at radius 3 is 2.80 bits per heavy atom. The van der Waals surface area contributed by atoms with E-state index in [0.29, 0.717) is 21.9 Å². The van der Waals surface area contributed by atoms with E-state index in [1.54, 1.807) is 43.5 Å². The lowest BCUT2D eigenvalue weighted by Gasteiger charge is -2.09. The topological polar surface area (TPSA) is 48.3 Å². The molecule has 2 rings (SSSR count). The highest BCUT2D eigenvalue weighted by Crippen LogP contribution is 2.23. The molecule has 0 aliphatic rings. The molecule has 0 unspecified atom stereocenters. The number of Topliss-reactive ketones (excluding diaryl/α,β-unsaturated/α-hetero) is 1. The number of aromatic nitrogens is 1. The van der Waals surface area contributed by atoms with Crippen LogP contribution in [0.4, 0.5) is 0 Å². The molecule has 0 bridgehead atoms. The quantitative estimate of drug-likeness (QED) is 0.814. The van der Waals surface area contributed by atoms with Gasteiger partial charge in [0.15, 0.2) is 5.78 Å². The van der Waals surface area contributed by atoms with Crippen LogP contribution in [0.25, 0.3) is 0 Å². The van der Waals surface area contributed by atoms with Gasteiger partial charge in [-0.3, -0.25) is 9.59 Å². The van der Waals surface area contributed by atoms with E-state index in [0.717, 1.165) is 0 Å². The summed E-state index contributed by atoms with van der Waals surface area (Å²) < 4.78 is 6.52. The van der Waals surface area contributed by atoms with Crippen molar-refractivity contribution in [3.05, 3.63) is 63.0 Å². The number of nitrogens with zero attached hydrogens (tertiary/aromatic N) is 1. The third kappa shape index (κ3) is 2.91. The Kier molecular flexibility index (Phi) is 4.25. The van der Waals surface area contributed by atoms with E-state index >= 15 is 0 Å². The number of pyridine rings is 1. The lowest BCUT2D eigenvalue weighted by molar-refractivity contribution is 0.0968. The minimum atomic E-state index is -0.225. The first-order chi connectivity index (χ1) is 9.52. The molecule has 0 aliphatic heterocycles. The molecule has 1 heterocycles. The molecule has 0 aliphatic carbocycles. The van der Waals surface area contributed by atoms with Gasteiger partial charge in [-0.25, -0.2) is 0 Å². The van der Waals surface area contributed by atoms with Crippen LogP contribution in [0.1, 0.15) is 15.9 Å². The van der Waals surface area contributed by atoms with Gasteiger partial charge in [0.05, 0.1) is 19.2 Å². The molecule has 5 heteroatoms. The zero-order chi connectivity index (χ0) is 14.7. The van der Waals surface area contributed by atoms with Crippen LogP contribution in [0.15, 0.2) is 41.3 Å². The first-order valence-electron chi connectivity index (χ1n) is 6.05. The molecule has 0 N–H and O–H groups in total. The van der Waals surface area contributed by atoms with Crippen molar-refractivity contribution in [3.63, 3.8) is 0 Å².